The Hall–Kier alpha value is -2.20. The third-order valence-corrected chi connectivity index (χ3v) is 4.46. The Morgan fingerprint density at radius 2 is 1.92 bits per heavy atom. The van der Waals surface area contributed by atoms with Gasteiger partial charge in [0.2, 0.25) is 0 Å². The number of carbonyl (C=O) groups excluding carboxylic acids is 1. The van der Waals surface area contributed by atoms with E-state index in [-0.39, 0.29) is 18.3 Å². The highest BCUT2D eigenvalue weighted by Crippen LogP contribution is 2.30. The molecule has 1 N–H and O–H groups in total. The van der Waals surface area contributed by atoms with E-state index in [1.54, 1.807) is 0 Å². The second-order valence-electron chi connectivity index (χ2n) is 5.27. The Balaban J connectivity index is 1.67. The smallest absolute Gasteiger partial charge is 0.394 e. The molecular weight excluding hydrogens is 357 g/mol. The molecule has 10 heteroatoms. The van der Waals surface area contributed by atoms with Crippen LogP contribution in [0.1, 0.15) is 11.1 Å². The van der Waals surface area contributed by atoms with Crippen molar-refractivity contribution in [1.82, 2.24) is 5.01 Å². The molecule has 2 aliphatic rings. The summed E-state index contributed by atoms with van der Waals surface area (Å²) in [4.78, 5) is 20.2. The topological polar surface area (TPSA) is 77.6 Å². The number of hydrogen-bond donors (Lipinski definition) is 1. The minimum atomic E-state index is -4.37. The first-order chi connectivity index (χ1) is 11.9. The monoisotopic (exact) mass is 370 g/mol. The van der Waals surface area contributed by atoms with Crippen LogP contribution in [0.4, 0.5) is 13.2 Å². The van der Waals surface area contributed by atoms with Crippen molar-refractivity contribution in [2.24, 2.45) is 21.0 Å². The normalized spacial score (nSPS) is 19.8. The van der Waals surface area contributed by atoms with E-state index in [1.807, 2.05) is 0 Å². The van der Waals surface area contributed by atoms with Crippen molar-refractivity contribution >= 4 is 34.9 Å². The lowest BCUT2D eigenvalue weighted by atomic mass is 10.1. The van der Waals surface area contributed by atoms with E-state index < -0.39 is 23.6 Å². The van der Waals surface area contributed by atoms with E-state index in [4.69, 9.17) is 5.11 Å². The maximum absolute atomic E-state index is 12.5. The Kier molecular flexibility index (Phi) is 4.91. The highest BCUT2D eigenvalue weighted by molar-refractivity contribution is 8.13. The van der Waals surface area contributed by atoms with Gasteiger partial charge in [-0.1, -0.05) is 23.9 Å². The predicted octanol–water partition coefficient (Wildman–Crippen LogP) is 2.14. The van der Waals surface area contributed by atoms with Gasteiger partial charge in [-0.2, -0.15) is 23.3 Å². The van der Waals surface area contributed by atoms with Crippen molar-refractivity contribution in [3.8, 4) is 0 Å². The number of β-amino-alcohol motifs (C(OH)–C–C–N with tert-alkyl or cyclic N) is 1. The quantitative estimate of drug-likeness (QED) is 0.881. The standard InChI is InChI=1S/C15H13F3N4O2S/c16-15(17,18)10-3-1-9(2-4-10)8-25-14-20-12-11(13(24)21-14)7-19-22(12)5-6-23/h1-4,7,11,23H,5-6,8H2. The summed E-state index contributed by atoms with van der Waals surface area (Å²) in [5, 5.41) is 14.7. The van der Waals surface area contributed by atoms with Crippen molar-refractivity contribution in [2.45, 2.75) is 11.9 Å². The van der Waals surface area contributed by atoms with Crippen LogP contribution in [0, 0.1) is 5.92 Å². The van der Waals surface area contributed by atoms with Crippen molar-refractivity contribution < 1.29 is 23.1 Å². The molecular formula is C15H13F3N4O2S. The fraction of sp³-hybridized carbons (Fsp3) is 0.333. The molecule has 0 saturated carbocycles. The summed E-state index contributed by atoms with van der Waals surface area (Å²) in [6.07, 6.45) is -2.94. The molecule has 0 bridgehead atoms. The molecule has 2 heterocycles. The number of carbonyl (C=O) groups is 1. The zero-order valence-corrected chi connectivity index (χ0v) is 13.6. The Morgan fingerprint density at radius 1 is 1.20 bits per heavy atom. The van der Waals surface area contributed by atoms with E-state index in [0.717, 1.165) is 23.9 Å². The Labute approximate surface area is 145 Å². The van der Waals surface area contributed by atoms with Crippen LogP contribution >= 0.6 is 11.8 Å². The molecule has 132 valence electrons. The average Bonchev–Trinajstić information content (AvgIpc) is 2.97. The van der Waals surface area contributed by atoms with Crippen LogP contribution in [0.25, 0.3) is 0 Å². The van der Waals surface area contributed by atoms with Crippen molar-refractivity contribution in [1.29, 1.82) is 0 Å². The first-order valence-corrected chi connectivity index (χ1v) is 8.29. The Morgan fingerprint density at radius 3 is 2.56 bits per heavy atom. The minimum Gasteiger partial charge on any atom is -0.394 e. The molecule has 3 rings (SSSR count). The minimum absolute atomic E-state index is 0.136. The number of nitrogens with zero attached hydrogens (tertiary/aromatic N) is 4. The number of thioether (sulfide) groups is 1. The maximum Gasteiger partial charge on any atom is 0.416 e. The lowest BCUT2D eigenvalue weighted by Gasteiger charge is -2.19. The van der Waals surface area contributed by atoms with Crippen LogP contribution < -0.4 is 0 Å². The molecule has 0 spiro atoms. The van der Waals surface area contributed by atoms with Gasteiger partial charge in [-0.05, 0) is 17.7 Å². The van der Waals surface area contributed by atoms with E-state index >= 15 is 0 Å². The Bertz CT molecular complexity index is 759. The van der Waals surface area contributed by atoms with Crippen molar-refractivity contribution in [3.63, 3.8) is 0 Å². The van der Waals surface area contributed by atoms with E-state index in [9.17, 15) is 18.0 Å². The van der Waals surface area contributed by atoms with Gasteiger partial charge in [0.1, 0.15) is 11.8 Å². The van der Waals surface area contributed by atoms with Crippen LogP contribution in [-0.4, -0.2) is 46.4 Å². The molecule has 2 aliphatic heterocycles. The summed E-state index contributed by atoms with van der Waals surface area (Å²) in [6, 6.07) is 4.79. The van der Waals surface area contributed by atoms with Crippen LogP contribution in [-0.2, 0) is 16.7 Å². The summed E-state index contributed by atoms with van der Waals surface area (Å²) in [5.74, 6) is -0.304. The molecule has 25 heavy (non-hydrogen) atoms. The predicted molar refractivity (Wildman–Crippen MR) is 88.4 cm³/mol. The fourth-order valence-electron chi connectivity index (χ4n) is 2.29. The van der Waals surface area contributed by atoms with Gasteiger partial charge in [0.25, 0.3) is 5.91 Å². The molecule has 1 amide bonds. The second kappa shape index (κ2) is 6.96. The molecule has 1 aromatic rings. The number of aliphatic hydroxyl groups is 1. The number of amidine groups is 2. The van der Waals surface area contributed by atoms with Crippen molar-refractivity contribution in [3.05, 3.63) is 35.4 Å². The lowest BCUT2D eigenvalue weighted by Crippen LogP contribution is -2.35. The highest BCUT2D eigenvalue weighted by atomic mass is 32.2. The molecule has 0 saturated heterocycles. The van der Waals surface area contributed by atoms with Gasteiger partial charge in [0, 0.05) is 12.0 Å². The first-order valence-electron chi connectivity index (χ1n) is 7.31. The number of benzene rings is 1. The summed E-state index contributed by atoms with van der Waals surface area (Å²) < 4.78 is 37.6. The van der Waals surface area contributed by atoms with Crippen LogP contribution in [0.3, 0.4) is 0 Å². The molecule has 0 aliphatic carbocycles. The SMILES string of the molecule is O=C1N=C(SCc2ccc(C(F)(F)F)cc2)N=C2C1C=NN2CCO. The van der Waals surface area contributed by atoms with Crippen LogP contribution in [0.2, 0.25) is 0 Å². The molecule has 0 radical (unpaired) electrons. The largest absolute Gasteiger partial charge is 0.416 e. The summed E-state index contributed by atoms with van der Waals surface area (Å²) >= 11 is 1.15. The molecule has 1 aromatic carbocycles. The first kappa shape index (κ1) is 17.6. The number of aliphatic imine (C=N–C) groups is 2. The summed E-state index contributed by atoms with van der Waals surface area (Å²) in [5.41, 5.74) is -0.0531. The van der Waals surface area contributed by atoms with Crippen LogP contribution in [0.5, 0.6) is 0 Å². The van der Waals surface area contributed by atoms with Gasteiger partial charge in [-0.3, -0.25) is 4.79 Å². The highest BCUT2D eigenvalue weighted by Gasteiger charge is 2.35. The van der Waals surface area contributed by atoms with Crippen LogP contribution in [0.15, 0.2) is 39.4 Å². The number of fused-ring (bicyclic) bond motifs is 1. The molecule has 6 nitrogen and oxygen atoms in total. The summed E-state index contributed by atoms with van der Waals surface area (Å²) in [6.45, 7) is 0.0818. The van der Waals surface area contributed by atoms with Gasteiger partial charge in [0.15, 0.2) is 5.17 Å². The fourth-order valence-corrected chi connectivity index (χ4v) is 3.09. The molecule has 1 atom stereocenters. The zero-order chi connectivity index (χ0) is 18.0. The third-order valence-electron chi connectivity index (χ3n) is 3.54. The number of alkyl halides is 3. The van der Waals surface area contributed by atoms with E-state index in [1.165, 1.54) is 23.4 Å². The lowest BCUT2D eigenvalue weighted by molar-refractivity contribution is -0.137. The van der Waals surface area contributed by atoms with Gasteiger partial charge in [-0.25, -0.2) is 10.0 Å². The molecule has 0 aromatic heterocycles. The van der Waals surface area contributed by atoms with Gasteiger partial charge in [-0.15, -0.1) is 0 Å². The van der Waals surface area contributed by atoms with Gasteiger partial charge >= 0.3 is 6.18 Å². The number of hydrogen-bond acceptors (Lipinski definition) is 6. The van der Waals surface area contributed by atoms with Gasteiger partial charge in [0.05, 0.1) is 18.7 Å². The summed E-state index contributed by atoms with van der Waals surface area (Å²) in [7, 11) is 0. The number of halogens is 3. The second-order valence-corrected chi connectivity index (χ2v) is 6.22. The van der Waals surface area contributed by atoms with E-state index in [0.29, 0.717) is 17.2 Å². The van der Waals surface area contributed by atoms with Gasteiger partial charge < -0.3 is 5.11 Å². The maximum atomic E-state index is 12.5. The number of rotatable bonds is 4. The zero-order valence-electron chi connectivity index (χ0n) is 12.8. The number of hydrazone groups is 1. The molecule has 1 unspecified atom stereocenters. The molecule has 0 fully saturated rings. The van der Waals surface area contributed by atoms with E-state index in [2.05, 4.69) is 15.1 Å². The number of aliphatic hydroxyl groups excluding tert-OH is 1. The number of amides is 1. The average molecular weight is 370 g/mol. The third kappa shape index (κ3) is 3.90. The van der Waals surface area contributed by atoms with Crippen molar-refractivity contribution in [2.75, 3.05) is 13.2 Å².